The third kappa shape index (κ3) is 16.1. The Morgan fingerprint density at radius 2 is 1.52 bits per heavy atom. The minimum Gasteiger partial charge on any atom is -0.445 e. The molecule has 2 heterocycles. The first kappa shape index (κ1) is 49.3. The molecular weight excluding hydrogens is 807 g/mol. The summed E-state index contributed by atoms with van der Waals surface area (Å²) in [6.07, 6.45) is 10.1. The van der Waals surface area contributed by atoms with Crippen LogP contribution in [0, 0.1) is 5.92 Å². The number of alkyl carbamates (subject to hydrolysis) is 1. The summed E-state index contributed by atoms with van der Waals surface area (Å²) in [4.78, 5) is 96.0. The van der Waals surface area contributed by atoms with E-state index in [2.05, 4.69) is 51.9 Å². The number of imide groups is 1. The Morgan fingerprint density at radius 3 is 2.22 bits per heavy atom. The molecule has 1 saturated heterocycles. The minimum absolute atomic E-state index is 0.0150. The van der Waals surface area contributed by atoms with Gasteiger partial charge in [-0.2, -0.15) is 0 Å². The number of aromatic nitrogens is 1. The van der Waals surface area contributed by atoms with Crippen molar-refractivity contribution in [3.63, 3.8) is 0 Å². The van der Waals surface area contributed by atoms with Crippen molar-refractivity contribution in [2.45, 2.75) is 136 Å². The number of nitrogens with one attached hydrogen (secondary N) is 4. The molecule has 0 bridgehead atoms. The van der Waals surface area contributed by atoms with Crippen LogP contribution in [0.25, 0.3) is 10.9 Å². The first-order valence-electron chi connectivity index (χ1n) is 22.1. The normalized spacial score (nSPS) is 13.4. The average Bonchev–Trinajstić information content (AvgIpc) is 3.57. The number of unbranched alkanes of at least 4 members (excludes halogenated alkanes) is 6. The third-order valence-corrected chi connectivity index (χ3v) is 10.7. The van der Waals surface area contributed by atoms with Crippen LogP contribution in [0.3, 0.4) is 0 Å². The molecule has 1 unspecified atom stereocenters. The molecule has 2 atom stereocenters. The summed E-state index contributed by atoms with van der Waals surface area (Å²) in [5.74, 6) is -2.96. The lowest BCUT2D eigenvalue weighted by atomic mass is 9.99. The molecule has 2 aromatic carbocycles. The molecule has 0 saturated carbocycles. The summed E-state index contributed by atoms with van der Waals surface area (Å²) in [5.41, 5.74) is 10.7. The van der Waals surface area contributed by atoms with Gasteiger partial charge in [0.2, 0.25) is 11.8 Å². The highest BCUT2D eigenvalue weighted by molar-refractivity contribution is 6.02. The van der Waals surface area contributed by atoms with Gasteiger partial charge in [0.15, 0.2) is 0 Å². The first-order chi connectivity index (χ1) is 30.3. The van der Waals surface area contributed by atoms with Gasteiger partial charge in [-0.25, -0.2) is 14.6 Å². The molecule has 16 nitrogen and oxygen atoms in total. The number of amides is 6. The summed E-state index contributed by atoms with van der Waals surface area (Å²) >= 11 is 0. The lowest BCUT2D eigenvalue weighted by molar-refractivity contribution is -0.197. The predicted octanol–water partition coefficient (Wildman–Crippen LogP) is 6.50. The number of hydrogen-bond acceptors (Lipinski definition) is 11. The van der Waals surface area contributed by atoms with E-state index in [1.807, 2.05) is 12.1 Å². The molecule has 4 rings (SSSR count). The van der Waals surface area contributed by atoms with Gasteiger partial charge in [0.05, 0.1) is 5.52 Å². The van der Waals surface area contributed by atoms with E-state index >= 15 is 0 Å². The zero-order valence-corrected chi connectivity index (χ0v) is 36.8. The van der Waals surface area contributed by atoms with Gasteiger partial charge in [-0.15, -0.1) is 11.6 Å². The average molecular weight is 870 g/mol. The van der Waals surface area contributed by atoms with Gasteiger partial charge in [0.25, 0.3) is 17.7 Å². The molecule has 63 heavy (non-hydrogen) atoms. The Bertz CT molecular complexity index is 2060. The quantitative estimate of drug-likeness (QED) is 0.0332. The highest BCUT2D eigenvalue weighted by Gasteiger charge is 2.33. The maximum Gasteiger partial charge on any atom is 0.407 e. The Balaban J connectivity index is 1.11. The van der Waals surface area contributed by atoms with Crippen molar-refractivity contribution < 1.29 is 43.1 Å². The van der Waals surface area contributed by atoms with E-state index < -0.39 is 47.8 Å². The van der Waals surface area contributed by atoms with Crippen molar-refractivity contribution >= 4 is 64.0 Å². The van der Waals surface area contributed by atoms with E-state index in [4.69, 9.17) is 15.3 Å². The van der Waals surface area contributed by atoms with Gasteiger partial charge in [0.1, 0.15) is 24.5 Å². The number of benzene rings is 2. The summed E-state index contributed by atoms with van der Waals surface area (Å²) in [6, 6.07) is 13.1. The lowest BCUT2D eigenvalue weighted by Gasteiger charge is -2.24. The molecule has 16 heteroatoms. The van der Waals surface area contributed by atoms with Crippen LogP contribution in [-0.2, 0) is 57.8 Å². The Morgan fingerprint density at radius 1 is 0.841 bits per heavy atom. The number of hydrogen-bond donors (Lipinski definition) is 5. The largest absolute Gasteiger partial charge is 0.445 e. The molecule has 1 aliphatic rings. The summed E-state index contributed by atoms with van der Waals surface area (Å²) < 4.78 is 5.38. The maximum absolute atomic E-state index is 13.2. The topological polar surface area (TPSA) is 228 Å². The van der Waals surface area contributed by atoms with Crippen molar-refractivity contribution in [1.29, 1.82) is 0 Å². The van der Waals surface area contributed by atoms with Crippen LogP contribution in [0.15, 0.2) is 61.2 Å². The van der Waals surface area contributed by atoms with Crippen LogP contribution in [0.1, 0.15) is 121 Å². The smallest absolute Gasteiger partial charge is 0.407 e. The minimum atomic E-state index is -1.10. The summed E-state index contributed by atoms with van der Waals surface area (Å²) in [5, 5.41) is 12.6. The number of pyridine rings is 1. The van der Waals surface area contributed by atoms with E-state index in [1.54, 1.807) is 38.1 Å². The third-order valence-electron chi connectivity index (χ3n) is 10.7. The van der Waals surface area contributed by atoms with Crippen molar-refractivity contribution in [1.82, 2.24) is 26.0 Å². The zero-order valence-electron chi connectivity index (χ0n) is 36.8. The SMILES string of the molecule is C=CC(NC(=O)[C@@H](NC(=O)CCCCCC(=O)ON1C(=O)CCC1=O)C(C)C)C(=O)Nc1ccc(COC(=O)NCCCCCc2cccc3nc(N)c(CCCCC)cc23)cc1. The molecule has 0 radical (unpaired) electrons. The van der Waals surface area contributed by atoms with Crippen LogP contribution >= 0.6 is 0 Å². The maximum atomic E-state index is 13.2. The number of aryl methyl sites for hydroxylation is 2. The zero-order chi connectivity index (χ0) is 45.7. The fourth-order valence-corrected chi connectivity index (χ4v) is 7.00. The van der Waals surface area contributed by atoms with E-state index in [0.717, 1.165) is 61.4 Å². The van der Waals surface area contributed by atoms with Crippen molar-refractivity contribution in [3.8, 4) is 0 Å². The van der Waals surface area contributed by atoms with Crippen LogP contribution in [-0.4, -0.2) is 70.3 Å². The van der Waals surface area contributed by atoms with E-state index in [0.29, 0.717) is 47.9 Å². The standard InChI is InChI=1S/C47H63N7O9/c1-5-7-10-17-34-29-36-33(18-15-19-38(36)51-44(34)48)16-11-9-14-28-49-47(61)62-30-32-22-24-35(25-23-32)50-45(59)37(6-2)52-46(60)43(31(3)4)53-39(55)20-12-8-13-21-42(58)63-54-40(56)26-27-41(54)57/h6,15,18-19,22-25,29,31,37,43H,2,5,7-14,16-17,20-21,26-28,30H2,1,3-4H3,(H2,48,51)(H,49,61)(H,50,59)(H,52,60)(H,53,55)/t37?,43-/m0/s1. The van der Waals surface area contributed by atoms with Crippen molar-refractivity contribution in [2.24, 2.45) is 5.92 Å². The summed E-state index contributed by atoms with van der Waals surface area (Å²) in [6.45, 7) is 9.92. The number of anilines is 2. The van der Waals surface area contributed by atoms with Crippen LogP contribution in [0.5, 0.6) is 0 Å². The molecule has 1 fully saturated rings. The molecule has 0 spiro atoms. The molecular formula is C47H63N7O9. The Hall–Kier alpha value is -6.32. The number of nitrogen functional groups attached to an aromatic ring is 1. The Labute approximate surface area is 369 Å². The molecule has 1 aromatic heterocycles. The second kappa shape index (κ2) is 25.6. The molecule has 1 aliphatic heterocycles. The van der Waals surface area contributed by atoms with Crippen molar-refractivity contribution in [2.75, 3.05) is 17.6 Å². The monoisotopic (exact) mass is 869 g/mol. The van der Waals surface area contributed by atoms with E-state index in [-0.39, 0.29) is 44.1 Å². The molecule has 3 aromatic rings. The molecule has 340 valence electrons. The number of rotatable bonds is 26. The molecule has 6 amide bonds. The number of nitrogens with zero attached hydrogens (tertiary/aromatic N) is 2. The van der Waals surface area contributed by atoms with E-state index in [1.165, 1.54) is 18.1 Å². The number of carbonyl (C=O) groups is 7. The van der Waals surface area contributed by atoms with Gasteiger partial charge in [0, 0.05) is 43.3 Å². The second-order valence-electron chi connectivity index (χ2n) is 16.1. The molecule has 0 aliphatic carbocycles. The highest BCUT2D eigenvalue weighted by atomic mass is 16.7. The van der Waals surface area contributed by atoms with Gasteiger partial charge in [-0.3, -0.25) is 24.0 Å². The van der Waals surface area contributed by atoms with Gasteiger partial charge < -0.3 is 36.6 Å². The van der Waals surface area contributed by atoms with Gasteiger partial charge in [-0.05, 0) is 91.8 Å². The number of carbonyl (C=O) groups excluding carboxylic acids is 7. The van der Waals surface area contributed by atoms with E-state index in [9.17, 15) is 33.6 Å². The predicted molar refractivity (Wildman–Crippen MR) is 239 cm³/mol. The number of fused-ring (bicyclic) bond motifs is 1. The van der Waals surface area contributed by atoms with Crippen LogP contribution in [0.4, 0.5) is 16.3 Å². The Kier molecular flexibility index (Phi) is 20.0. The number of nitrogens with two attached hydrogens (primary N) is 1. The molecule has 6 N–H and O–H groups in total. The fraction of sp³-hybridized carbons (Fsp3) is 0.489. The number of hydroxylamine groups is 2. The van der Waals surface area contributed by atoms with Gasteiger partial charge in [-0.1, -0.05) is 76.8 Å². The van der Waals surface area contributed by atoms with Crippen LogP contribution in [0.2, 0.25) is 0 Å². The fourth-order valence-electron chi connectivity index (χ4n) is 7.00. The first-order valence-corrected chi connectivity index (χ1v) is 22.1. The highest BCUT2D eigenvalue weighted by Crippen LogP contribution is 2.25. The summed E-state index contributed by atoms with van der Waals surface area (Å²) in [7, 11) is 0. The second-order valence-corrected chi connectivity index (χ2v) is 16.1. The van der Waals surface area contributed by atoms with Gasteiger partial charge >= 0.3 is 12.1 Å². The van der Waals surface area contributed by atoms with Crippen molar-refractivity contribution in [3.05, 3.63) is 77.9 Å². The lowest BCUT2D eigenvalue weighted by Crippen LogP contribution is -2.54. The number of ether oxygens (including phenoxy) is 1. The van der Waals surface area contributed by atoms with Crippen LogP contribution < -0.4 is 27.0 Å².